The number of benzene rings is 2. The van der Waals surface area contributed by atoms with Gasteiger partial charge in [0, 0.05) is 17.0 Å². The number of carbonyl (C=O) groups excluding carboxylic acids is 1. The fourth-order valence-electron chi connectivity index (χ4n) is 2.35. The molecule has 1 heterocycles. The van der Waals surface area contributed by atoms with Crippen LogP contribution in [0.15, 0.2) is 42.6 Å². The van der Waals surface area contributed by atoms with Gasteiger partial charge in [0.05, 0.1) is 17.3 Å². The van der Waals surface area contributed by atoms with E-state index in [0.29, 0.717) is 11.5 Å². The molecular formula is C16H9F5N2O. The third kappa shape index (κ3) is 3.12. The standard InChI is InChI=1S/C16H9F5N2O/c17-11-2-3-12(13(18)6-11)15(24)9-1-4-14-10(5-9)7-22-23(14)8-16(19,20)21/h1-7H,8H2. The molecule has 0 unspecified atom stereocenters. The second-order valence-corrected chi connectivity index (χ2v) is 5.14. The van der Waals surface area contributed by atoms with Gasteiger partial charge in [0.2, 0.25) is 0 Å². The molecule has 0 N–H and O–H groups in total. The Balaban J connectivity index is 1.98. The number of ketones is 1. The first-order valence-corrected chi connectivity index (χ1v) is 6.77. The van der Waals surface area contributed by atoms with Gasteiger partial charge in [-0.1, -0.05) is 0 Å². The highest BCUT2D eigenvalue weighted by Crippen LogP contribution is 2.23. The van der Waals surface area contributed by atoms with Crippen LogP contribution in [0.2, 0.25) is 0 Å². The molecule has 0 atom stereocenters. The minimum atomic E-state index is -4.43. The zero-order valence-electron chi connectivity index (χ0n) is 11.9. The fourth-order valence-corrected chi connectivity index (χ4v) is 2.35. The number of nitrogens with zero attached hydrogens (tertiary/aromatic N) is 2. The van der Waals surface area contributed by atoms with Crippen molar-refractivity contribution in [3.05, 3.63) is 65.4 Å². The van der Waals surface area contributed by atoms with Gasteiger partial charge >= 0.3 is 6.18 Å². The minimum Gasteiger partial charge on any atom is -0.288 e. The van der Waals surface area contributed by atoms with Crippen LogP contribution in [0, 0.1) is 11.6 Å². The number of hydrogen-bond donors (Lipinski definition) is 0. The van der Waals surface area contributed by atoms with Crippen LogP contribution in [-0.2, 0) is 6.54 Å². The van der Waals surface area contributed by atoms with Crippen molar-refractivity contribution in [1.82, 2.24) is 9.78 Å². The first kappa shape index (κ1) is 16.1. The van der Waals surface area contributed by atoms with E-state index in [0.717, 1.165) is 16.8 Å². The van der Waals surface area contributed by atoms with Gasteiger partial charge in [-0.25, -0.2) is 8.78 Å². The van der Waals surface area contributed by atoms with E-state index in [4.69, 9.17) is 0 Å². The van der Waals surface area contributed by atoms with Crippen molar-refractivity contribution in [3.63, 3.8) is 0 Å². The first-order chi connectivity index (χ1) is 11.2. The number of aromatic nitrogens is 2. The summed E-state index contributed by atoms with van der Waals surface area (Å²) in [5.41, 5.74) is -0.0542. The fraction of sp³-hybridized carbons (Fsp3) is 0.125. The lowest BCUT2D eigenvalue weighted by Crippen LogP contribution is -2.18. The molecule has 0 amide bonds. The van der Waals surface area contributed by atoms with Crippen LogP contribution in [0.3, 0.4) is 0 Å². The Morgan fingerprint density at radius 1 is 1.08 bits per heavy atom. The van der Waals surface area contributed by atoms with Crippen molar-refractivity contribution in [1.29, 1.82) is 0 Å². The summed E-state index contributed by atoms with van der Waals surface area (Å²) in [6.07, 6.45) is -3.23. The smallest absolute Gasteiger partial charge is 0.288 e. The normalized spacial score (nSPS) is 11.9. The van der Waals surface area contributed by atoms with Gasteiger partial charge in [-0.3, -0.25) is 9.48 Å². The summed E-state index contributed by atoms with van der Waals surface area (Å²) in [5.74, 6) is -2.52. The monoisotopic (exact) mass is 340 g/mol. The van der Waals surface area contributed by atoms with E-state index in [1.165, 1.54) is 24.4 Å². The Bertz CT molecular complexity index is 930. The molecule has 0 aliphatic rings. The number of hydrogen-bond acceptors (Lipinski definition) is 2. The van der Waals surface area contributed by atoms with Crippen molar-refractivity contribution < 1.29 is 26.7 Å². The first-order valence-electron chi connectivity index (χ1n) is 6.77. The topological polar surface area (TPSA) is 34.9 Å². The lowest BCUT2D eigenvalue weighted by Gasteiger charge is -2.08. The van der Waals surface area contributed by atoms with Crippen LogP contribution in [-0.4, -0.2) is 21.7 Å². The van der Waals surface area contributed by atoms with Gasteiger partial charge in [0.15, 0.2) is 5.78 Å². The third-order valence-corrected chi connectivity index (χ3v) is 3.41. The summed E-state index contributed by atoms with van der Waals surface area (Å²) in [7, 11) is 0. The second-order valence-electron chi connectivity index (χ2n) is 5.14. The lowest BCUT2D eigenvalue weighted by molar-refractivity contribution is -0.141. The van der Waals surface area contributed by atoms with Crippen molar-refractivity contribution in [2.24, 2.45) is 0 Å². The number of rotatable bonds is 3. The Morgan fingerprint density at radius 2 is 1.83 bits per heavy atom. The molecule has 3 rings (SSSR count). The van der Waals surface area contributed by atoms with E-state index in [1.54, 1.807) is 0 Å². The number of carbonyl (C=O) groups is 1. The second kappa shape index (κ2) is 5.70. The average molecular weight is 340 g/mol. The molecule has 0 aliphatic heterocycles. The van der Waals surface area contributed by atoms with E-state index in [1.807, 2.05) is 0 Å². The third-order valence-electron chi connectivity index (χ3n) is 3.41. The molecule has 0 fully saturated rings. The largest absolute Gasteiger partial charge is 0.408 e. The Morgan fingerprint density at radius 3 is 2.50 bits per heavy atom. The molecule has 3 aromatic rings. The van der Waals surface area contributed by atoms with E-state index >= 15 is 0 Å². The van der Waals surface area contributed by atoms with Gasteiger partial charge < -0.3 is 0 Å². The van der Waals surface area contributed by atoms with Crippen LogP contribution >= 0.6 is 0 Å². The zero-order chi connectivity index (χ0) is 17.5. The summed E-state index contributed by atoms with van der Waals surface area (Å²) in [4.78, 5) is 12.3. The molecule has 8 heteroatoms. The van der Waals surface area contributed by atoms with Gasteiger partial charge in [-0.2, -0.15) is 18.3 Å². The predicted molar refractivity (Wildman–Crippen MR) is 75.6 cm³/mol. The van der Waals surface area contributed by atoms with E-state index in [9.17, 15) is 26.7 Å². The molecule has 24 heavy (non-hydrogen) atoms. The van der Waals surface area contributed by atoms with E-state index in [-0.39, 0.29) is 16.6 Å². The van der Waals surface area contributed by atoms with Crippen LogP contribution in [0.25, 0.3) is 10.9 Å². The zero-order valence-corrected chi connectivity index (χ0v) is 11.9. The Hall–Kier alpha value is -2.77. The minimum absolute atomic E-state index is 0.0690. The van der Waals surface area contributed by atoms with Gasteiger partial charge in [-0.15, -0.1) is 0 Å². The Labute approximate surface area is 132 Å². The molecule has 1 aromatic heterocycles. The molecule has 0 saturated heterocycles. The molecule has 0 spiro atoms. The summed E-state index contributed by atoms with van der Waals surface area (Å²) in [6.45, 7) is -1.25. The molecule has 0 bridgehead atoms. The SMILES string of the molecule is O=C(c1ccc2c(cnn2CC(F)(F)F)c1)c1ccc(F)cc1F. The van der Waals surface area contributed by atoms with Gasteiger partial charge in [0.25, 0.3) is 0 Å². The van der Waals surface area contributed by atoms with Crippen molar-refractivity contribution in [2.45, 2.75) is 12.7 Å². The van der Waals surface area contributed by atoms with Crippen molar-refractivity contribution >= 4 is 16.7 Å². The summed E-state index contributed by atoms with van der Waals surface area (Å²) < 4.78 is 64.8. The maximum absolute atomic E-state index is 13.7. The molecule has 0 radical (unpaired) electrons. The van der Waals surface area contributed by atoms with E-state index in [2.05, 4.69) is 5.10 Å². The van der Waals surface area contributed by atoms with Crippen molar-refractivity contribution in [2.75, 3.05) is 0 Å². The van der Waals surface area contributed by atoms with Gasteiger partial charge in [0.1, 0.15) is 18.2 Å². The van der Waals surface area contributed by atoms with Crippen LogP contribution in [0.5, 0.6) is 0 Å². The maximum Gasteiger partial charge on any atom is 0.408 e. The molecular weight excluding hydrogens is 331 g/mol. The van der Waals surface area contributed by atoms with Crippen LogP contribution in [0.4, 0.5) is 22.0 Å². The number of alkyl halides is 3. The highest BCUT2D eigenvalue weighted by atomic mass is 19.4. The molecule has 124 valence electrons. The average Bonchev–Trinajstić information content (AvgIpc) is 2.87. The summed E-state index contributed by atoms with van der Waals surface area (Å²) >= 11 is 0. The molecule has 2 aromatic carbocycles. The summed E-state index contributed by atoms with van der Waals surface area (Å²) in [6, 6.07) is 6.47. The number of fused-ring (bicyclic) bond motifs is 1. The highest BCUT2D eigenvalue weighted by Gasteiger charge is 2.29. The van der Waals surface area contributed by atoms with E-state index < -0.39 is 30.1 Å². The van der Waals surface area contributed by atoms with Gasteiger partial charge in [-0.05, 0) is 30.3 Å². The number of halogens is 5. The quantitative estimate of drug-likeness (QED) is 0.531. The lowest BCUT2D eigenvalue weighted by atomic mass is 10.0. The van der Waals surface area contributed by atoms with Crippen LogP contribution in [0.1, 0.15) is 15.9 Å². The molecule has 0 aliphatic carbocycles. The predicted octanol–water partition coefficient (Wildman–Crippen LogP) is 4.11. The summed E-state index contributed by atoms with van der Waals surface area (Å²) in [5, 5.41) is 3.96. The molecule has 0 saturated carbocycles. The van der Waals surface area contributed by atoms with Crippen LogP contribution < -0.4 is 0 Å². The molecule has 3 nitrogen and oxygen atoms in total. The van der Waals surface area contributed by atoms with Crippen molar-refractivity contribution in [3.8, 4) is 0 Å². The Kier molecular flexibility index (Phi) is 3.82. The maximum atomic E-state index is 13.7. The highest BCUT2D eigenvalue weighted by molar-refractivity contribution is 6.10.